The van der Waals surface area contributed by atoms with Crippen LogP contribution in [0.5, 0.6) is 0 Å². The van der Waals surface area contributed by atoms with E-state index < -0.39 is 33.9 Å². The van der Waals surface area contributed by atoms with Crippen molar-refractivity contribution in [2.45, 2.75) is 64.6 Å². The highest BCUT2D eigenvalue weighted by molar-refractivity contribution is 7.87. The average Bonchev–Trinajstić information content (AvgIpc) is 2.21. The maximum absolute atomic E-state index is 12.4. The summed E-state index contributed by atoms with van der Waals surface area (Å²) in [6.07, 6.45) is 1.74. The molecule has 0 saturated heterocycles. The van der Waals surface area contributed by atoms with Crippen LogP contribution in [0.25, 0.3) is 0 Å². The van der Waals surface area contributed by atoms with E-state index >= 15 is 0 Å². The van der Waals surface area contributed by atoms with E-state index in [0.717, 1.165) is 19.3 Å². The zero-order valence-corrected chi connectivity index (χ0v) is 15.1. The molecule has 6 N–H and O–H groups in total. The van der Waals surface area contributed by atoms with E-state index in [-0.39, 0.29) is 18.4 Å². The Hall–Kier alpha value is -0.900. The first kappa shape index (κ1) is 20.1. The third-order valence-corrected chi connectivity index (χ3v) is 5.58. The first-order valence-corrected chi connectivity index (χ1v) is 9.44. The molecular formula is C14H30N4O4S. The normalized spacial score (nSPS) is 20.4. The van der Waals surface area contributed by atoms with E-state index in [9.17, 15) is 13.2 Å². The lowest BCUT2D eigenvalue weighted by molar-refractivity contribution is 0.157. The Morgan fingerprint density at radius 1 is 1.35 bits per heavy atom. The average molecular weight is 350 g/mol. The van der Waals surface area contributed by atoms with E-state index in [1.165, 1.54) is 0 Å². The molecule has 1 fully saturated rings. The highest BCUT2D eigenvalue weighted by atomic mass is 32.2. The summed E-state index contributed by atoms with van der Waals surface area (Å²) < 4.78 is 30.0. The molecule has 8 nitrogen and oxygen atoms in total. The molecule has 0 spiro atoms. The van der Waals surface area contributed by atoms with Gasteiger partial charge in [-0.1, -0.05) is 6.42 Å². The molecule has 136 valence electrons. The van der Waals surface area contributed by atoms with Gasteiger partial charge in [-0.05, 0) is 53.0 Å². The van der Waals surface area contributed by atoms with Crippen LogP contribution in [0.3, 0.4) is 0 Å². The summed E-state index contributed by atoms with van der Waals surface area (Å²) in [6, 6.07) is -0.837. The van der Waals surface area contributed by atoms with Gasteiger partial charge in [-0.15, -0.1) is 0 Å². The Morgan fingerprint density at radius 2 is 1.91 bits per heavy atom. The van der Waals surface area contributed by atoms with Gasteiger partial charge in [0.2, 0.25) is 0 Å². The molecule has 0 aliphatic heterocycles. The van der Waals surface area contributed by atoms with Crippen LogP contribution in [-0.2, 0) is 10.2 Å². The van der Waals surface area contributed by atoms with E-state index in [1.807, 2.05) is 0 Å². The van der Waals surface area contributed by atoms with Crippen molar-refractivity contribution in [1.29, 1.82) is 0 Å². The van der Waals surface area contributed by atoms with Crippen molar-refractivity contribution in [3.8, 4) is 0 Å². The second kappa shape index (κ2) is 7.78. The fourth-order valence-corrected chi connectivity index (χ4v) is 4.50. The maximum atomic E-state index is 12.4. The van der Waals surface area contributed by atoms with Crippen molar-refractivity contribution in [3.05, 3.63) is 0 Å². The summed E-state index contributed by atoms with van der Waals surface area (Å²) in [7, 11) is -3.71. The second-order valence-electron chi connectivity index (χ2n) is 7.33. The first-order valence-electron chi connectivity index (χ1n) is 7.96. The minimum Gasteiger partial charge on any atom is -0.465 e. The summed E-state index contributed by atoms with van der Waals surface area (Å²) in [5, 5.41) is 11.3. The third-order valence-electron chi connectivity index (χ3n) is 4.12. The number of hydrogen-bond acceptors (Lipinski definition) is 4. The van der Waals surface area contributed by atoms with Gasteiger partial charge < -0.3 is 16.2 Å². The summed E-state index contributed by atoms with van der Waals surface area (Å²) in [6.45, 7) is 7.20. The molecule has 0 aromatic heterocycles. The first-order chi connectivity index (χ1) is 10.4. The Balaban J connectivity index is 2.92. The van der Waals surface area contributed by atoms with Gasteiger partial charge >= 0.3 is 6.09 Å². The lowest BCUT2D eigenvalue weighted by atomic mass is 9.73. The van der Waals surface area contributed by atoms with Crippen molar-refractivity contribution < 1.29 is 18.3 Å². The Kier molecular flexibility index (Phi) is 6.81. The van der Waals surface area contributed by atoms with Gasteiger partial charge in [-0.2, -0.15) is 17.9 Å². The van der Waals surface area contributed by atoms with E-state index in [4.69, 9.17) is 10.8 Å². The number of carbonyl (C=O) groups is 1. The van der Waals surface area contributed by atoms with Crippen LogP contribution in [0.2, 0.25) is 0 Å². The summed E-state index contributed by atoms with van der Waals surface area (Å²) in [5.74, 6) is -0.133. The van der Waals surface area contributed by atoms with Crippen LogP contribution < -0.4 is 20.5 Å². The van der Waals surface area contributed by atoms with E-state index in [2.05, 4.69) is 14.8 Å². The predicted octanol–water partition coefficient (Wildman–Crippen LogP) is 0.609. The Morgan fingerprint density at radius 3 is 2.26 bits per heavy atom. The quantitative estimate of drug-likeness (QED) is 0.437. The van der Waals surface area contributed by atoms with Crippen LogP contribution in [0.15, 0.2) is 0 Å². The molecule has 23 heavy (non-hydrogen) atoms. The minimum atomic E-state index is -3.71. The van der Waals surface area contributed by atoms with Gasteiger partial charge in [-0.25, -0.2) is 4.79 Å². The highest BCUT2D eigenvalue weighted by Gasteiger charge is 2.38. The van der Waals surface area contributed by atoms with Crippen LogP contribution in [0, 0.1) is 11.8 Å². The number of hydrogen-bond donors (Lipinski definition) is 5. The molecule has 3 atom stereocenters. The van der Waals surface area contributed by atoms with Crippen molar-refractivity contribution in [3.63, 3.8) is 0 Å². The standard InChI is InChI=1S/C14H30N4O4S/c1-9(16-13(19)20)11(8-15)12(10-6-5-7-10)17-23(21,22)18-14(2,3)4/h9-12,16-18H,5-8,15H2,1-4H3,(H,19,20). The zero-order chi connectivity index (χ0) is 17.8. The predicted molar refractivity (Wildman–Crippen MR) is 89.2 cm³/mol. The number of amides is 1. The second-order valence-corrected chi connectivity index (χ2v) is 8.77. The molecule has 1 rings (SSSR count). The fraction of sp³-hybridized carbons (Fsp3) is 0.929. The molecule has 0 radical (unpaired) electrons. The van der Waals surface area contributed by atoms with E-state index in [1.54, 1.807) is 27.7 Å². The van der Waals surface area contributed by atoms with Crippen molar-refractivity contribution >= 4 is 16.3 Å². The maximum Gasteiger partial charge on any atom is 0.404 e. The summed E-state index contributed by atoms with van der Waals surface area (Å²) in [4.78, 5) is 10.9. The van der Waals surface area contributed by atoms with E-state index in [0.29, 0.717) is 0 Å². The van der Waals surface area contributed by atoms with Crippen LogP contribution in [0.1, 0.15) is 47.0 Å². The molecule has 9 heteroatoms. The van der Waals surface area contributed by atoms with Gasteiger partial charge in [0.25, 0.3) is 10.2 Å². The Labute approximate surface area is 138 Å². The monoisotopic (exact) mass is 350 g/mol. The molecule has 1 amide bonds. The smallest absolute Gasteiger partial charge is 0.404 e. The van der Waals surface area contributed by atoms with Crippen molar-refractivity contribution in [2.24, 2.45) is 17.6 Å². The van der Waals surface area contributed by atoms with Crippen molar-refractivity contribution in [1.82, 2.24) is 14.8 Å². The fourth-order valence-electron chi connectivity index (χ4n) is 2.91. The molecule has 0 heterocycles. The molecular weight excluding hydrogens is 320 g/mol. The largest absolute Gasteiger partial charge is 0.465 e. The number of rotatable bonds is 8. The number of nitrogens with two attached hydrogens (primary N) is 1. The molecule has 0 bridgehead atoms. The number of nitrogens with one attached hydrogen (secondary N) is 3. The van der Waals surface area contributed by atoms with Gasteiger partial charge in [0.05, 0.1) is 0 Å². The zero-order valence-electron chi connectivity index (χ0n) is 14.3. The minimum absolute atomic E-state index is 0.179. The van der Waals surface area contributed by atoms with Gasteiger partial charge in [0, 0.05) is 23.5 Å². The lowest BCUT2D eigenvalue weighted by Gasteiger charge is -2.41. The summed E-state index contributed by atoms with van der Waals surface area (Å²) >= 11 is 0. The topological polar surface area (TPSA) is 134 Å². The SMILES string of the molecule is CC(NC(=O)O)C(CN)C(NS(=O)(=O)NC(C)(C)C)C1CCC1. The number of carboxylic acid groups (broad SMARTS) is 1. The molecule has 1 aliphatic rings. The lowest BCUT2D eigenvalue weighted by Crippen LogP contribution is -2.59. The van der Waals surface area contributed by atoms with Crippen LogP contribution >= 0.6 is 0 Å². The van der Waals surface area contributed by atoms with Gasteiger partial charge in [-0.3, -0.25) is 0 Å². The van der Waals surface area contributed by atoms with Crippen molar-refractivity contribution in [2.75, 3.05) is 6.54 Å². The van der Waals surface area contributed by atoms with Gasteiger partial charge in [0.15, 0.2) is 0 Å². The van der Waals surface area contributed by atoms with Gasteiger partial charge in [0.1, 0.15) is 0 Å². The molecule has 0 aromatic carbocycles. The molecule has 3 unspecified atom stereocenters. The third kappa shape index (κ3) is 6.62. The Bertz CT molecular complexity index is 499. The molecule has 1 saturated carbocycles. The molecule has 0 aromatic rings. The summed E-state index contributed by atoms with van der Waals surface area (Å²) in [5.41, 5.74) is 5.23. The van der Waals surface area contributed by atoms with Crippen LogP contribution in [-0.4, -0.2) is 43.8 Å². The van der Waals surface area contributed by atoms with Crippen LogP contribution in [0.4, 0.5) is 4.79 Å². The highest BCUT2D eigenvalue weighted by Crippen LogP contribution is 2.34. The molecule has 1 aliphatic carbocycles.